The van der Waals surface area contributed by atoms with Gasteiger partial charge in [-0.05, 0) is 5.56 Å². The molecule has 0 atom stereocenters. The van der Waals surface area contributed by atoms with Crippen LogP contribution in [-0.4, -0.2) is 27.0 Å². The number of imidazole rings is 1. The summed E-state index contributed by atoms with van der Waals surface area (Å²) < 4.78 is 1.93. The molecule has 2 aromatic heterocycles. The van der Waals surface area contributed by atoms with Crippen molar-refractivity contribution < 1.29 is 4.79 Å². The maximum atomic E-state index is 11.5. The predicted molar refractivity (Wildman–Crippen MR) is 84.2 cm³/mol. The first-order chi connectivity index (χ1) is 10.8. The van der Waals surface area contributed by atoms with E-state index in [9.17, 15) is 4.79 Å². The Labute approximate surface area is 128 Å². The van der Waals surface area contributed by atoms with Gasteiger partial charge in [-0.3, -0.25) is 9.78 Å². The predicted octanol–water partition coefficient (Wildman–Crippen LogP) is 1.32. The van der Waals surface area contributed by atoms with Gasteiger partial charge in [0, 0.05) is 25.8 Å². The number of fused-ring (bicyclic) bond motifs is 1. The third kappa shape index (κ3) is 2.96. The van der Waals surface area contributed by atoms with Gasteiger partial charge in [0.1, 0.15) is 5.52 Å². The zero-order chi connectivity index (χ0) is 15.4. The van der Waals surface area contributed by atoms with Crippen LogP contribution in [0.4, 0.5) is 0 Å². The lowest BCUT2D eigenvalue weighted by Gasteiger charge is -2.08. The summed E-state index contributed by atoms with van der Waals surface area (Å²) in [4.78, 5) is 19.8. The molecule has 0 unspecified atom stereocenters. The van der Waals surface area contributed by atoms with Crippen molar-refractivity contribution in [2.45, 2.75) is 13.1 Å². The molecule has 0 bridgehead atoms. The topological polar surface area (TPSA) is 85.8 Å². The number of amides is 1. The average Bonchev–Trinajstić information content (AvgIpc) is 2.95. The number of hydrogen-bond acceptors (Lipinski definition) is 4. The molecule has 0 aliphatic rings. The van der Waals surface area contributed by atoms with E-state index >= 15 is 0 Å². The molecule has 0 saturated carbocycles. The van der Waals surface area contributed by atoms with Crippen LogP contribution in [0, 0.1) is 0 Å². The molecule has 6 nitrogen and oxygen atoms in total. The molecule has 22 heavy (non-hydrogen) atoms. The van der Waals surface area contributed by atoms with Gasteiger partial charge in [0.2, 0.25) is 0 Å². The molecular formula is C16H17N5O. The van der Waals surface area contributed by atoms with Crippen LogP contribution in [0.1, 0.15) is 15.9 Å². The van der Waals surface area contributed by atoms with Gasteiger partial charge in [-0.15, -0.1) is 0 Å². The monoisotopic (exact) mass is 295 g/mol. The number of carbonyl (C=O) groups is 1. The summed E-state index contributed by atoms with van der Waals surface area (Å²) in [6.07, 6.45) is 4.83. The van der Waals surface area contributed by atoms with E-state index in [4.69, 9.17) is 5.73 Å². The second-order valence-corrected chi connectivity index (χ2v) is 5.02. The lowest BCUT2D eigenvalue weighted by atomic mass is 10.2. The summed E-state index contributed by atoms with van der Waals surface area (Å²) in [5, 5.41) is 3.37. The van der Waals surface area contributed by atoms with Crippen LogP contribution in [0.5, 0.6) is 0 Å². The van der Waals surface area contributed by atoms with Crippen LogP contribution >= 0.6 is 0 Å². The molecule has 3 aromatic rings. The molecule has 0 aliphatic carbocycles. The molecule has 3 rings (SSSR count). The molecule has 2 heterocycles. The molecular weight excluding hydrogens is 278 g/mol. The van der Waals surface area contributed by atoms with Crippen molar-refractivity contribution in [3.05, 3.63) is 60.2 Å². The maximum absolute atomic E-state index is 11.5. The second-order valence-electron chi connectivity index (χ2n) is 5.02. The molecule has 1 aromatic carbocycles. The Balaban J connectivity index is 1.68. The fraction of sp³-hybridized carbons (Fsp3) is 0.188. The van der Waals surface area contributed by atoms with Crippen LogP contribution in [0.15, 0.2) is 49.1 Å². The zero-order valence-corrected chi connectivity index (χ0v) is 12.1. The lowest BCUT2D eigenvalue weighted by Crippen LogP contribution is -2.20. The SMILES string of the molecule is NC(=O)c1cncc2ncn(CCNCc3ccccc3)c12. The van der Waals surface area contributed by atoms with Gasteiger partial charge in [0.05, 0.1) is 23.6 Å². The number of aromatic nitrogens is 3. The van der Waals surface area contributed by atoms with E-state index in [0.717, 1.165) is 18.6 Å². The van der Waals surface area contributed by atoms with E-state index in [1.54, 1.807) is 12.5 Å². The largest absolute Gasteiger partial charge is 0.365 e. The Bertz CT molecular complexity index is 782. The molecule has 0 aliphatic heterocycles. The summed E-state index contributed by atoms with van der Waals surface area (Å²) in [5.41, 5.74) is 8.46. The zero-order valence-electron chi connectivity index (χ0n) is 12.1. The van der Waals surface area contributed by atoms with Crippen molar-refractivity contribution in [3.63, 3.8) is 0 Å². The number of pyridine rings is 1. The summed E-state index contributed by atoms with van der Waals surface area (Å²) >= 11 is 0. The minimum Gasteiger partial charge on any atom is -0.365 e. The van der Waals surface area contributed by atoms with E-state index in [1.165, 1.54) is 11.8 Å². The molecule has 1 amide bonds. The Kier molecular flexibility index (Phi) is 4.11. The third-order valence-corrected chi connectivity index (χ3v) is 3.49. The van der Waals surface area contributed by atoms with Gasteiger partial charge in [-0.2, -0.15) is 0 Å². The molecule has 0 saturated heterocycles. The quantitative estimate of drug-likeness (QED) is 0.672. The van der Waals surface area contributed by atoms with E-state index < -0.39 is 5.91 Å². The summed E-state index contributed by atoms with van der Waals surface area (Å²) in [6.45, 7) is 2.27. The summed E-state index contributed by atoms with van der Waals surface area (Å²) in [5.74, 6) is -0.489. The summed E-state index contributed by atoms with van der Waals surface area (Å²) in [6, 6.07) is 10.2. The summed E-state index contributed by atoms with van der Waals surface area (Å²) in [7, 11) is 0. The number of primary amides is 1. The van der Waals surface area contributed by atoms with Gasteiger partial charge in [0.25, 0.3) is 5.91 Å². The third-order valence-electron chi connectivity index (χ3n) is 3.49. The first kappa shape index (κ1) is 14.2. The first-order valence-electron chi connectivity index (χ1n) is 7.09. The van der Waals surface area contributed by atoms with Gasteiger partial charge in [-0.25, -0.2) is 4.98 Å². The number of nitrogens with one attached hydrogen (secondary N) is 1. The molecule has 6 heteroatoms. The van der Waals surface area contributed by atoms with Crippen molar-refractivity contribution in [2.75, 3.05) is 6.54 Å². The maximum Gasteiger partial charge on any atom is 0.252 e. The normalized spacial score (nSPS) is 10.9. The first-order valence-corrected chi connectivity index (χ1v) is 7.09. The van der Waals surface area contributed by atoms with Gasteiger partial charge in [-0.1, -0.05) is 30.3 Å². The highest BCUT2D eigenvalue weighted by atomic mass is 16.1. The van der Waals surface area contributed by atoms with E-state index in [-0.39, 0.29) is 0 Å². The molecule has 0 fully saturated rings. The minimum atomic E-state index is -0.489. The highest BCUT2D eigenvalue weighted by Crippen LogP contribution is 2.15. The fourth-order valence-corrected chi connectivity index (χ4v) is 2.41. The number of nitrogens with two attached hydrogens (primary N) is 1. The van der Waals surface area contributed by atoms with Crippen LogP contribution in [0.2, 0.25) is 0 Å². The molecule has 0 radical (unpaired) electrons. The van der Waals surface area contributed by atoms with Crippen molar-refractivity contribution in [3.8, 4) is 0 Å². The van der Waals surface area contributed by atoms with Gasteiger partial charge >= 0.3 is 0 Å². The Morgan fingerprint density at radius 2 is 2.05 bits per heavy atom. The van der Waals surface area contributed by atoms with Gasteiger partial charge in [0.15, 0.2) is 0 Å². The average molecular weight is 295 g/mol. The number of nitrogens with zero attached hydrogens (tertiary/aromatic N) is 3. The van der Waals surface area contributed by atoms with E-state index in [0.29, 0.717) is 17.6 Å². The van der Waals surface area contributed by atoms with E-state index in [1.807, 2.05) is 22.8 Å². The van der Waals surface area contributed by atoms with Crippen LogP contribution in [-0.2, 0) is 13.1 Å². The molecule has 112 valence electrons. The Hall–Kier alpha value is -2.73. The Morgan fingerprint density at radius 1 is 1.23 bits per heavy atom. The van der Waals surface area contributed by atoms with Crippen molar-refractivity contribution in [1.29, 1.82) is 0 Å². The molecule has 0 spiro atoms. The van der Waals surface area contributed by atoms with Crippen LogP contribution in [0.3, 0.4) is 0 Å². The number of hydrogen-bond donors (Lipinski definition) is 2. The van der Waals surface area contributed by atoms with Crippen LogP contribution in [0.25, 0.3) is 11.0 Å². The van der Waals surface area contributed by atoms with Crippen molar-refractivity contribution >= 4 is 16.9 Å². The number of carbonyl (C=O) groups excluding carboxylic acids is 1. The number of rotatable bonds is 6. The van der Waals surface area contributed by atoms with Crippen LogP contribution < -0.4 is 11.1 Å². The highest BCUT2D eigenvalue weighted by Gasteiger charge is 2.12. The van der Waals surface area contributed by atoms with Crippen molar-refractivity contribution in [2.24, 2.45) is 5.73 Å². The second kappa shape index (κ2) is 6.36. The standard InChI is InChI=1S/C16H17N5O/c17-16(22)13-9-19-10-14-15(13)21(11-20-14)7-6-18-8-12-4-2-1-3-5-12/h1-5,9-11,18H,6-8H2,(H2,17,22). The van der Waals surface area contributed by atoms with Gasteiger partial charge < -0.3 is 15.6 Å². The van der Waals surface area contributed by atoms with Crippen molar-refractivity contribution in [1.82, 2.24) is 19.9 Å². The molecule has 3 N–H and O–H groups in total. The highest BCUT2D eigenvalue weighted by molar-refractivity contribution is 6.03. The Morgan fingerprint density at radius 3 is 2.82 bits per heavy atom. The minimum absolute atomic E-state index is 0.401. The lowest BCUT2D eigenvalue weighted by molar-refractivity contribution is 0.100. The fourth-order valence-electron chi connectivity index (χ4n) is 2.41. The van der Waals surface area contributed by atoms with E-state index in [2.05, 4.69) is 27.4 Å². The smallest absolute Gasteiger partial charge is 0.252 e. The number of benzene rings is 1.